The van der Waals surface area contributed by atoms with Crippen molar-refractivity contribution in [3.63, 3.8) is 0 Å². The van der Waals surface area contributed by atoms with Crippen LogP contribution in [-0.2, 0) is 16.0 Å². The molecular weight excluding hydrogens is 368 g/mol. The molecule has 0 unspecified atom stereocenters. The van der Waals surface area contributed by atoms with Gasteiger partial charge in [0.1, 0.15) is 11.1 Å². The first-order valence-corrected chi connectivity index (χ1v) is 9.74. The number of esters is 1. The number of hydrogen-bond acceptors (Lipinski definition) is 5. The zero-order valence-electron chi connectivity index (χ0n) is 16.2. The second-order valence-electron chi connectivity index (χ2n) is 6.98. The van der Waals surface area contributed by atoms with E-state index in [-0.39, 0.29) is 11.4 Å². The van der Waals surface area contributed by atoms with Gasteiger partial charge >= 0.3 is 5.97 Å². The topological polar surface area (TPSA) is 85.2 Å². The fourth-order valence-electron chi connectivity index (χ4n) is 3.53. The van der Waals surface area contributed by atoms with Crippen LogP contribution in [0.25, 0.3) is 33.5 Å². The molecule has 0 atom stereocenters. The second kappa shape index (κ2) is 8.31. The molecule has 0 aliphatic rings. The molecule has 0 spiro atoms. The molecule has 0 bridgehead atoms. The average Bonchev–Trinajstić information content (AvgIpc) is 3.17. The van der Waals surface area contributed by atoms with Crippen molar-refractivity contribution in [1.29, 1.82) is 0 Å². The highest BCUT2D eigenvalue weighted by Crippen LogP contribution is 2.26. The predicted octanol–water partition coefficient (Wildman–Crippen LogP) is 4.61. The van der Waals surface area contributed by atoms with Gasteiger partial charge in [0.05, 0.1) is 7.11 Å². The summed E-state index contributed by atoms with van der Waals surface area (Å²) in [6, 6.07) is 14.9. The lowest BCUT2D eigenvalue weighted by Crippen LogP contribution is -2.12. The first kappa shape index (κ1) is 18.9. The zero-order valence-corrected chi connectivity index (χ0v) is 16.2. The Balaban J connectivity index is 1.69. The van der Waals surface area contributed by atoms with Crippen LogP contribution in [-0.4, -0.2) is 23.0 Å². The Hall–Kier alpha value is -3.41. The van der Waals surface area contributed by atoms with Crippen LogP contribution in [0.4, 0.5) is 0 Å². The number of aromatic nitrogens is 2. The SMILES string of the molecule is COC(=O)CCCCCc1[nH]c2ccccc2c(=O)c1-c1nc2ccccc2o1. The van der Waals surface area contributed by atoms with Crippen LogP contribution < -0.4 is 5.43 Å². The highest BCUT2D eigenvalue weighted by Gasteiger charge is 2.19. The molecule has 0 aliphatic heterocycles. The van der Waals surface area contributed by atoms with E-state index in [4.69, 9.17) is 4.42 Å². The van der Waals surface area contributed by atoms with Gasteiger partial charge in [0.2, 0.25) is 11.3 Å². The van der Waals surface area contributed by atoms with Crippen LogP contribution in [0.5, 0.6) is 0 Å². The van der Waals surface area contributed by atoms with Crippen LogP contribution in [0.15, 0.2) is 57.7 Å². The maximum Gasteiger partial charge on any atom is 0.305 e. The van der Waals surface area contributed by atoms with E-state index in [9.17, 15) is 9.59 Å². The van der Waals surface area contributed by atoms with Crippen molar-refractivity contribution in [3.8, 4) is 11.5 Å². The number of benzene rings is 2. The summed E-state index contributed by atoms with van der Waals surface area (Å²) in [5.41, 5.74) is 3.36. The van der Waals surface area contributed by atoms with Crippen molar-refractivity contribution in [3.05, 3.63) is 64.4 Å². The lowest BCUT2D eigenvalue weighted by atomic mass is 10.0. The number of aromatic amines is 1. The molecule has 0 saturated heterocycles. The number of pyridine rings is 1. The van der Waals surface area contributed by atoms with Gasteiger partial charge in [-0.2, -0.15) is 0 Å². The van der Waals surface area contributed by atoms with Crippen molar-refractivity contribution in [1.82, 2.24) is 9.97 Å². The summed E-state index contributed by atoms with van der Waals surface area (Å²) >= 11 is 0. The van der Waals surface area contributed by atoms with E-state index in [1.807, 2.05) is 42.5 Å². The monoisotopic (exact) mass is 390 g/mol. The third-order valence-corrected chi connectivity index (χ3v) is 5.03. The molecule has 0 radical (unpaired) electrons. The lowest BCUT2D eigenvalue weighted by molar-refractivity contribution is -0.140. The molecular formula is C23H22N2O4. The van der Waals surface area contributed by atoms with Crippen molar-refractivity contribution in [2.75, 3.05) is 7.11 Å². The largest absolute Gasteiger partial charge is 0.469 e. The molecule has 4 aromatic rings. The van der Waals surface area contributed by atoms with E-state index in [1.165, 1.54) is 7.11 Å². The van der Waals surface area contributed by atoms with Gasteiger partial charge < -0.3 is 14.1 Å². The number of H-pyrrole nitrogens is 1. The summed E-state index contributed by atoms with van der Waals surface area (Å²) in [5, 5.41) is 0.610. The Morgan fingerprint density at radius 2 is 1.86 bits per heavy atom. The third kappa shape index (κ3) is 3.92. The van der Waals surface area contributed by atoms with Gasteiger partial charge in [0, 0.05) is 23.0 Å². The van der Waals surface area contributed by atoms with Gasteiger partial charge in [0.25, 0.3) is 0 Å². The average molecular weight is 390 g/mol. The number of para-hydroxylation sites is 3. The second-order valence-corrected chi connectivity index (χ2v) is 6.98. The van der Waals surface area contributed by atoms with Gasteiger partial charge in [-0.15, -0.1) is 0 Å². The number of methoxy groups -OCH3 is 1. The number of carbonyl (C=O) groups is 1. The molecule has 4 rings (SSSR count). The molecule has 2 heterocycles. The Morgan fingerprint density at radius 1 is 1.07 bits per heavy atom. The first-order chi connectivity index (χ1) is 14.2. The van der Waals surface area contributed by atoms with Crippen molar-refractivity contribution in [2.24, 2.45) is 0 Å². The molecule has 0 amide bonds. The smallest absolute Gasteiger partial charge is 0.305 e. The van der Waals surface area contributed by atoms with Crippen molar-refractivity contribution < 1.29 is 13.9 Å². The van der Waals surface area contributed by atoms with E-state index >= 15 is 0 Å². The molecule has 0 fully saturated rings. The number of carbonyl (C=O) groups excluding carboxylic acids is 1. The van der Waals surface area contributed by atoms with Crippen molar-refractivity contribution in [2.45, 2.75) is 32.1 Å². The van der Waals surface area contributed by atoms with Gasteiger partial charge in [0.15, 0.2) is 5.58 Å². The van der Waals surface area contributed by atoms with Crippen LogP contribution in [0.2, 0.25) is 0 Å². The minimum Gasteiger partial charge on any atom is -0.469 e. The summed E-state index contributed by atoms with van der Waals surface area (Å²) in [7, 11) is 1.40. The molecule has 0 aliphatic carbocycles. The Kier molecular flexibility index (Phi) is 5.42. The quantitative estimate of drug-likeness (QED) is 0.368. The molecule has 2 aromatic carbocycles. The van der Waals surface area contributed by atoms with Crippen LogP contribution in [0.3, 0.4) is 0 Å². The van der Waals surface area contributed by atoms with Crippen LogP contribution in [0.1, 0.15) is 31.4 Å². The van der Waals surface area contributed by atoms with E-state index in [1.54, 1.807) is 6.07 Å². The highest BCUT2D eigenvalue weighted by molar-refractivity contribution is 5.84. The number of unbranched alkanes of at least 4 members (excludes halogenated alkanes) is 2. The molecule has 148 valence electrons. The van der Waals surface area contributed by atoms with Crippen LogP contribution in [0, 0.1) is 0 Å². The Bertz CT molecular complexity index is 1190. The van der Waals surface area contributed by atoms with E-state index in [2.05, 4.69) is 14.7 Å². The Labute approximate surface area is 167 Å². The minimum absolute atomic E-state index is 0.0875. The van der Waals surface area contributed by atoms with E-state index in [0.29, 0.717) is 35.3 Å². The molecule has 0 saturated carbocycles. The standard InChI is InChI=1S/C23H22N2O4/c1-28-20(26)14-4-2-3-12-18-21(22(27)15-9-5-6-10-16(15)24-18)23-25-17-11-7-8-13-19(17)29-23/h5-11,13H,2-4,12,14H2,1H3,(H,24,27). The Morgan fingerprint density at radius 3 is 2.69 bits per heavy atom. The number of oxazole rings is 1. The number of nitrogens with one attached hydrogen (secondary N) is 1. The fourth-order valence-corrected chi connectivity index (χ4v) is 3.53. The number of aryl methyl sites for hydroxylation is 1. The maximum atomic E-state index is 13.3. The number of nitrogens with zero attached hydrogens (tertiary/aromatic N) is 1. The first-order valence-electron chi connectivity index (χ1n) is 9.74. The summed E-state index contributed by atoms with van der Waals surface area (Å²) < 4.78 is 10.6. The zero-order chi connectivity index (χ0) is 20.2. The molecule has 1 N–H and O–H groups in total. The summed E-state index contributed by atoms with van der Waals surface area (Å²) in [6.45, 7) is 0. The summed E-state index contributed by atoms with van der Waals surface area (Å²) in [4.78, 5) is 32.5. The van der Waals surface area contributed by atoms with Gasteiger partial charge in [-0.05, 0) is 43.5 Å². The number of ether oxygens (including phenoxy) is 1. The summed E-state index contributed by atoms with van der Waals surface area (Å²) in [5.74, 6) is 0.138. The summed E-state index contributed by atoms with van der Waals surface area (Å²) in [6.07, 6.45) is 3.51. The number of hydrogen-bond donors (Lipinski definition) is 1. The van der Waals surface area contributed by atoms with E-state index in [0.717, 1.165) is 36.0 Å². The van der Waals surface area contributed by atoms with Gasteiger partial charge in [-0.25, -0.2) is 4.98 Å². The number of rotatable bonds is 7. The minimum atomic E-state index is -0.198. The normalized spacial score (nSPS) is 11.2. The van der Waals surface area contributed by atoms with Crippen molar-refractivity contribution >= 4 is 28.0 Å². The molecule has 6 heteroatoms. The van der Waals surface area contributed by atoms with E-state index < -0.39 is 0 Å². The maximum absolute atomic E-state index is 13.3. The van der Waals surface area contributed by atoms with Gasteiger partial charge in [-0.3, -0.25) is 9.59 Å². The van der Waals surface area contributed by atoms with Crippen LogP contribution >= 0.6 is 0 Å². The fraction of sp³-hybridized carbons (Fsp3) is 0.261. The van der Waals surface area contributed by atoms with Gasteiger partial charge in [-0.1, -0.05) is 30.7 Å². The molecule has 6 nitrogen and oxygen atoms in total. The molecule has 2 aromatic heterocycles. The number of fused-ring (bicyclic) bond motifs is 2. The third-order valence-electron chi connectivity index (χ3n) is 5.03. The highest BCUT2D eigenvalue weighted by atomic mass is 16.5. The molecule has 29 heavy (non-hydrogen) atoms. The predicted molar refractivity (Wildman–Crippen MR) is 112 cm³/mol. The lowest BCUT2D eigenvalue weighted by Gasteiger charge is -2.09.